The number of hydrogen-bond donors (Lipinski definition) is 2. The average molecular weight is 275 g/mol. The number of carbonyl (C=O) groups is 1. The highest BCUT2D eigenvalue weighted by molar-refractivity contribution is 7.89. The predicted octanol–water partition coefficient (Wildman–Crippen LogP) is 1.69. The van der Waals surface area contributed by atoms with Gasteiger partial charge in [0.25, 0.3) is 0 Å². The molecule has 1 aromatic rings. The highest BCUT2D eigenvalue weighted by Gasteiger charge is 2.24. The summed E-state index contributed by atoms with van der Waals surface area (Å²) in [6.07, 6.45) is 2.07. The number of carboxylic acids is 1. The van der Waals surface area contributed by atoms with Crippen molar-refractivity contribution in [2.75, 3.05) is 0 Å². The Morgan fingerprint density at radius 2 is 2.35 bits per heavy atom. The largest absolute Gasteiger partial charge is 0.477 e. The van der Waals surface area contributed by atoms with Crippen molar-refractivity contribution in [2.45, 2.75) is 24.3 Å². The van der Waals surface area contributed by atoms with Gasteiger partial charge in [0, 0.05) is 6.04 Å². The van der Waals surface area contributed by atoms with E-state index in [0.29, 0.717) is 6.42 Å². The molecule has 1 unspecified atom stereocenters. The van der Waals surface area contributed by atoms with E-state index in [0.717, 1.165) is 11.3 Å². The molecule has 0 spiro atoms. The monoisotopic (exact) mass is 275 g/mol. The second-order valence-corrected chi connectivity index (χ2v) is 6.06. The molecule has 7 heteroatoms. The molecule has 0 aliphatic carbocycles. The van der Waals surface area contributed by atoms with Crippen LogP contribution in [0, 0.1) is 0 Å². The SMILES string of the molecule is C=CCC(C)NS(=O)(=O)c1ccsc1C(=O)O. The summed E-state index contributed by atoms with van der Waals surface area (Å²) in [6, 6.07) is 0.968. The number of nitrogens with one attached hydrogen (secondary N) is 1. The Kier molecular flexibility index (Phi) is 4.44. The maximum absolute atomic E-state index is 11.9. The summed E-state index contributed by atoms with van der Waals surface area (Å²) < 4.78 is 26.2. The second kappa shape index (κ2) is 5.44. The van der Waals surface area contributed by atoms with E-state index in [1.807, 2.05) is 0 Å². The summed E-state index contributed by atoms with van der Waals surface area (Å²) in [7, 11) is -3.78. The number of aromatic carboxylic acids is 1. The van der Waals surface area contributed by atoms with Gasteiger partial charge in [-0.3, -0.25) is 0 Å². The molecule has 94 valence electrons. The van der Waals surface area contributed by atoms with Crippen molar-refractivity contribution in [1.29, 1.82) is 0 Å². The molecule has 0 aliphatic heterocycles. The second-order valence-electron chi connectivity index (χ2n) is 3.47. The standard InChI is InChI=1S/C10H13NO4S2/c1-3-4-7(2)11-17(14,15)8-5-6-16-9(8)10(12)13/h3,5-7,11H,1,4H2,2H3,(H,12,13). The van der Waals surface area contributed by atoms with E-state index in [-0.39, 0.29) is 15.8 Å². The van der Waals surface area contributed by atoms with Crippen LogP contribution in [-0.4, -0.2) is 25.5 Å². The van der Waals surface area contributed by atoms with Crippen LogP contribution >= 0.6 is 11.3 Å². The molecule has 0 saturated heterocycles. The normalized spacial score (nSPS) is 13.2. The lowest BCUT2D eigenvalue weighted by Gasteiger charge is -2.11. The third kappa shape index (κ3) is 3.39. The maximum Gasteiger partial charge on any atom is 0.347 e. The van der Waals surface area contributed by atoms with Gasteiger partial charge in [-0.25, -0.2) is 17.9 Å². The minimum Gasteiger partial charge on any atom is -0.477 e. The lowest BCUT2D eigenvalue weighted by atomic mass is 10.3. The summed E-state index contributed by atoms with van der Waals surface area (Å²) in [5.74, 6) is -1.24. The Morgan fingerprint density at radius 3 is 2.88 bits per heavy atom. The topological polar surface area (TPSA) is 83.5 Å². The fourth-order valence-electron chi connectivity index (χ4n) is 1.29. The van der Waals surface area contributed by atoms with Crippen molar-refractivity contribution in [3.05, 3.63) is 29.0 Å². The van der Waals surface area contributed by atoms with E-state index in [9.17, 15) is 13.2 Å². The summed E-state index contributed by atoms with van der Waals surface area (Å²) in [6.45, 7) is 5.20. The molecular weight excluding hydrogens is 262 g/mol. The van der Waals surface area contributed by atoms with Crippen molar-refractivity contribution in [1.82, 2.24) is 4.72 Å². The summed E-state index contributed by atoms with van der Waals surface area (Å²) in [4.78, 5) is 10.5. The third-order valence-corrected chi connectivity index (χ3v) is 4.65. The number of sulfonamides is 1. The Labute approximate surface area is 104 Å². The first-order valence-corrected chi connectivity index (χ1v) is 7.18. The van der Waals surface area contributed by atoms with Crippen molar-refractivity contribution in [2.24, 2.45) is 0 Å². The highest BCUT2D eigenvalue weighted by Crippen LogP contribution is 2.22. The minimum absolute atomic E-state index is 0.177. The summed E-state index contributed by atoms with van der Waals surface area (Å²) in [5.41, 5.74) is 0. The van der Waals surface area contributed by atoms with E-state index in [1.54, 1.807) is 13.0 Å². The van der Waals surface area contributed by atoms with E-state index in [4.69, 9.17) is 5.11 Å². The minimum atomic E-state index is -3.78. The number of hydrogen-bond acceptors (Lipinski definition) is 4. The number of thiophene rings is 1. The molecule has 0 saturated carbocycles. The van der Waals surface area contributed by atoms with Gasteiger partial charge in [0.1, 0.15) is 9.77 Å². The van der Waals surface area contributed by atoms with Gasteiger partial charge in [0.05, 0.1) is 0 Å². The zero-order valence-electron chi connectivity index (χ0n) is 9.21. The first-order valence-electron chi connectivity index (χ1n) is 4.82. The van der Waals surface area contributed by atoms with Gasteiger partial charge in [0.15, 0.2) is 0 Å². The van der Waals surface area contributed by atoms with Crippen LogP contribution in [0.3, 0.4) is 0 Å². The van der Waals surface area contributed by atoms with Crippen LogP contribution < -0.4 is 4.72 Å². The third-order valence-electron chi connectivity index (χ3n) is 1.99. The lowest BCUT2D eigenvalue weighted by molar-refractivity contribution is 0.0698. The molecule has 1 rings (SSSR count). The van der Waals surface area contributed by atoms with Crippen LogP contribution in [0.15, 0.2) is 29.0 Å². The maximum atomic E-state index is 11.9. The van der Waals surface area contributed by atoms with Gasteiger partial charge in [0.2, 0.25) is 10.0 Å². The fraction of sp³-hybridized carbons (Fsp3) is 0.300. The number of rotatable bonds is 6. The smallest absolute Gasteiger partial charge is 0.347 e. The fourth-order valence-corrected chi connectivity index (χ4v) is 3.81. The van der Waals surface area contributed by atoms with E-state index in [1.165, 1.54) is 11.4 Å². The summed E-state index contributed by atoms with van der Waals surface area (Å²) in [5, 5.41) is 10.3. The van der Waals surface area contributed by atoms with Crippen LogP contribution in [-0.2, 0) is 10.0 Å². The molecule has 1 aromatic heterocycles. The molecule has 2 N–H and O–H groups in total. The molecule has 0 bridgehead atoms. The van der Waals surface area contributed by atoms with Crippen molar-refractivity contribution >= 4 is 27.3 Å². The van der Waals surface area contributed by atoms with Gasteiger partial charge in [-0.2, -0.15) is 0 Å². The zero-order chi connectivity index (χ0) is 13.1. The molecule has 0 aliphatic rings. The Balaban J connectivity index is 3.01. The molecule has 5 nitrogen and oxygen atoms in total. The predicted molar refractivity (Wildman–Crippen MR) is 65.9 cm³/mol. The van der Waals surface area contributed by atoms with E-state index in [2.05, 4.69) is 11.3 Å². The van der Waals surface area contributed by atoms with Crippen LogP contribution in [0.5, 0.6) is 0 Å². The van der Waals surface area contributed by atoms with Crippen LogP contribution in [0.25, 0.3) is 0 Å². The quantitative estimate of drug-likeness (QED) is 0.774. The van der Waals surface area contributed by atoms with Gasteiger partial charge in [-0.15, -0.1) is 17.9 Å². The van der Waals surface area contributed by atoms with Gasteiger partial charge < -0.3 is 5.11 Å². The van der Waals surface area contributed by atoms with Crippen molar-refractivity contribution in [3.8, 4) is 0 Å². The van der Waals surface area contributed by atoms with Crippen LogP contribution in [0.4, 0.5) is 0 Å². The molecule has 0 amide bonds. The first-order chi connectivity index (χ1) is 7.88. The Bertz CT molecular complexity index is 518. The Morgan fingerprint density at radius 1 is 1.71 bits per heavy atom. The molecule has 1 atom stereocenters. The molecule has 0 aromatic carbocycles. The van der Waals surface area contributed by atoms with Gasteiger partial charge >= 0.3 is 5.97 Å². The molecule has 0 radical (unpaired) electrons. The molecular formula is C10H13NO4S2. The summed E-state index contributed by atoms with van der Waals surface area (Å²) >= 11 is 0.886. The van der Waals surface area contributed by atoms with Crippen molar-refractivity contribution in [3.63, 3.8) is 0 Å². The van der Waals surface area contributed by atoms with Crippen LogP contribution in [0.1, 0.15) is 23.0 Å². The van der Waals surface area contributed by atoms with E-state index < -0.39 is 16.0 Å². The average Bonchev–Trinajstić information content (AvgIpc) is 2.65. The van der Waals surface area contributed by atoms with Gasteiger partial charge in [-0.1, -0.05) is 6.08 Å². The number of carboxylic acid groups (broad SMARTS) is 1. The van der Waals surface area contributed by atoms with Crippen LogP contribution in [0.2, 0.25) is 0 Å². The van der Waals surface area contributed by atoms with Gasteiger partial charge in [-0.05, 0) is 24.8 Å². The van der Waals surface area contributed by atoms with Crippen molar-refractivity contribution < 1.29 is 18.3 Å². The molecule has 0 fully saturated rings. The molecule has 17 heavy (non-hydrogen) atoms. The van der Waals surface area contributed by atoms with E-state index >= 15 is 0 Å². The lowest BCUT2D eigenvalue weighted by Crippen LogP contribution is -2.32. The Hall–Kier alpha value is -1.18. The zero-order valence-corrected chi connectivity index (χ0v) is 10.8. The molecule has 1 heterocycles. The highest BCUT2D eigenvalue weighted by atomic mass is 32.2. The first kappa shape index (κ1) is 13.9.